The summed E-state index contributed by atoms with van der Waals surface area (Å²) in [6, 6.07) is 1.40. The van der Waals surface area contributed by atoms with E-state index < -0.39 is 12.2 Å². The number of rotatable bonds is 2. The van der Waals surface area contributed by atoms with Crippen LogP contribution in [0.15, 0.2) is 15.0 Å². The molecule has 0 aliphatic carbocycles. The Kier molecular flexibility index (Phi) is 3.96. The highest BCUT2D eigenvalue weighted by atomic mass is 79.9. The first kappa shape index (κ1) is 12.7. The molecule has 1 aromatic rings. The molecule has 0 spiro atoms. The number of alkyl halides is 3. The van der Waals surface area contributed by atoms with Crippen molar-refractivity contribution in [2.45, 2.75) is 12.9 Å². The topological polar surface area (TPSA) is 48.1 Å². The Morgan fingerprint density at radius 3 is 2.40 bits per heavy atom. The summed E-state index contributed by atoms with van der Waals surface area (Å²) in [4.78, 5) is 3.61. The van der Waals surface area contributed by atoms with Crippen molar-refractivity contribution >= 4 is 31.9 Å². The first-order chi connectivity index (χ1) is 6.83. The largest absolute Gasteiger partial charge is 0.574 e. The van der Waals surface area contributed by atoms with E-state index in [2.05, 4.69) is 41.6 Å². The Morgan fingerprint density at radius 2 is 1.93 bits per heavy atom. The fourth-order valence-corrected chi connectivity index (χ4v) is 2.00. The summed E-state index contributed by atoms with van der Waals surface area (Å²) >= 11 is 6.02. The van der Waals surface area contributed by atoms with Crippen LogP contribution in [0.25, 0.3) is 0 Å². The molecular formula is C7H5Br2F3N2O. The molecule has 0 aliphatic heterocycles. The number of aromatic nitrogens is 1. The number of hydrogen-bond acceptors (Lipinski definition) is 3. The highest BCUT2D eigenvalue weighted by molar-refractivity contribution is 9.11. The van der Waals surface area contributed by atoms with Crippen molar-refractivity contribution < 1.29 is 17.9 Å². The number of pyridine rings is 1. The molecular weight excluding hydrogens is 345 g/mol. The lowest BCUT2D eigenvalue weighted by molar-refractivity contribution is -0.276. The summed E-state index contributed by atoms with van der Waals surface area (Å²) in [5, 5.41) is 0. The van der Waals surface area contributed by atoms with Gasteiger partial charge in [0.25, 0.3) is 0 Å². The smallest absolute Gasteiger partial charge is 0.387 e. The van der Waals surface area contributed by atoms with Gasteiger partial charge in [-0.15, -0.1) is 13.2 Å². The van der Waals surface area contributed by atoms with Crippen LogP contribution in [0.5, 0.6) is 5.88 Å². The van der Waals surface area contributed by atoms with Crippen LogP contribution in [0.1, 0.15) is 5.69 Å². The van der Waals surface area contributed by atoms with Crippen LogP contribution in [0.2, 0.25) is 0 Å². The molecule has 1 heterocycles. The lowest BCUT2D eigenvalue weighted by Crippen LogP contribution is -2.19. The van der Waals surface area contributed by atoms with Crippen LogP contribution in [0, 0.1) is 0 Å². The third kappa shape index (κ3) is 3.62. The van der Waals surface area contributed by atoms with Gasteiger partial charge in [-0.25, -0.2) is 4.98 Å². The molecule has 0 amide bonds. The first-order valence-corrected chi connectivity index (χ1v) is 5.23. The van der Waals surface area contributed by atoms with Gasteiger partial charge >= 0.3 is 6.36 Å². The van der Waals surface area contributed by atoms with Crippen LogP contribution in [-0.4, -0.2) is 11.3 Å². The van der Waals surface area contributed by atoms with E-state index in [-0.39, 0.29) is 16.7 Å². The van der Waals surface area contributed by atoms with Crippen molar-refractivity contribution in [2.24, 2.45) is 5.73 Å². The molecule has 0 atom stereocenters. The Bertz CT molecular complexity index is 370. The van der Waals surface area contributed by atoms with Gasteiger partial charge in [-0.2, -0.15) is 0 Å². The molecule has 1 aromatic heterocycles. The molecule has 2 N–H and O–H groups in total. The standard InChI is InChI=1S/C7H5Br2F3N2O/c8-3-1-4(9)6(14-5(3)2-13)15-7(10,11)12/h1H,2,13H2. The van der Waals surface area contributed by atoms with E-state index in [0.29, 0.717) is 4.47 Å². The van der Waals surface area contributed by atoms with Gasteiger partial charge in [0, 0.05) is 11.0 Å². The lowest BCUT2D eigenvalue weighted by atomic mass is 10.3. The molecule has 0 radical (unpaired) electrons. The number of ether oxygens (including phenoxy) is 1. The van der Waals surface area contributed by atoms with Gasteiger partial charge < -0.3 is 10.5 Å². The van der Waals surface area contributed by atoms with Crippen LogP contribution in [0.3, 0.4) is 0 Å². The van der Waals surface area contributed by atoms with Crippen LogP contribution >= 0.6 is 31.9 Å². The fourth-order valence-electron chi connectivity index (χ4n) is 0.810. The first-order valence-electron chi connectivity index (χ1n) is 3.64. The van der Waals surface area contributed by atoms with Crippen molar-refractivity contribution in [1.82, 2.24) is 4.98 Å². The fraction of sp³-hybridized carbons (Fsp3) is 0.286. The highest BCUT2D eigenvalue weighted by Crippen LogP contribution is 2.31. The van der Waals surface area contributed by atoms with E-state index in [1.165, 1.54) is 6.07 Å². The van der Waals surface area contributed by atoms with Gasteiger partial charge in [-0.1, -0.05) is 0 Å². The maximum absolute atomic E-state index is 11.9. The lowest BCUT2D eigenvalue weighted by Gasteiger charge is -2.11. The Morgan fingerprint density at radius 1 is 1.33 bits per heavy atom. The number of nitrogens with two attached hydrogens (primary N) is 1. The van der Waals surface area contributed by atoms with Crippen molar-refractivity contribution in [2.75, 3.05) is 0 Å². The number of nitrogens with zero attached hydrogens (tertiary/aromatic N) is 1. The van der Waals surface area contributed by atoms with E-state index in [1.807, 2.05) is 0 Å². The molecule has 0 saturated carbocycles. The molecule has 0 aliphatic rings. The minimum absolute atomic E-state index is 0.0160. The molecule has 0 aromatic carbocycles. The maximum atomic E-state index is 11.9. The summed E-state index contributed by atoms with van der Waals surface area (Å²) in [6.07, 6.45) is -4.77. The predicted octanol–water partition coefficient (Wildman–Crippen LogP) is 2.96. The molecule has 3 nitrogen and oxygen atoms in total. The highest BCUT2D eigenvalue weighted by Gasteiger charge is 2.33. The maximum Gasteiger partial charge on any atom is 0.574 e. The molecule has 0 unspecified atom stereocenters. The Labute approximate surface area is 100 Å². The van der Waals surface area contributed by atoms with Gasteiger partial charge in [0.05, 0.1) is 10.2 Å². The zero-order valence-corrected chi connectivity index (χ0v) is 10.3. The minimum atomic E-state index is -4.77. The van der Waals surface area contributed by atoms with Crippen molar-refractivity contribution in [1.29, 1.82) is 0 Å². The molecule has 15 heavy (non-hydrogen) atoms. The molecule has 0 fully saturated rings. The average molecular weight is 350 g/mol. The van der Waals surface area contributed by atoms with Crippen molar-refractivity contribution in [3.8, 4) is 5.88 Å². The van der Waals surface area contributed by atoms with Gasteiger partial charge in [-0.05, 0) is 37.9 Å². The normalized spacial score (nSPS) is 11.6. The van der Waals surface area contributed by atoms with E-state index >= 15 is 0 Å². The molecule has 0 bridgehead atoms. The van der Waals surface area contributed by atoms with Crippen LogP contribution in [0.4, 0.5) is 13.2 Å². The van der Waals surface area contributed by atoms with Crippen LogP contribution < -0.4 is 10.5 Å². The van der Waals surface area contributed by atoms with E-state index in [9.17, 15) is 13.2 Å². The van der Waals surface area contributed by atoms with Gasteiger partial charge in [-0.3, -0.25) is 0 Å². The van der Waals surface area contributed by atoms with E-state index in [4.69, 9.17) is 5.73 Å². The van der Waals surface area contributed by atoms with Crippen molar-refractivity contribution in [3.63, 3.8) is 0 Å². The Hall–Kier alpha value is -0.340. The number of halogens is 5. The second-order valence-electron chi connectivity index (χ2n) is 2.46. The summed E-state index contributed by atoms with van der Waals surface area (Å²) < 4.78 is 40.1. The summed E-state index contributed by atoms with van der Waals surface area (Å²) in [6.45, 7) is 0.0160. The molecule has 84 valence electrons. The second kappa shape index (κ2) is 4.67. The summed E-state index contributed by atoms with van der Waals surface area (Å²) in [5.74, 6) is -0.550. The van der Waals surface area contributed by atoms with Gasteiger partial charge in [0.1, 0.15) is 0 Å². The van der Waals surface area contributed by atoms with Crippen molar-refractivity contribution in [3.05, 3.63) is 20.7 Å². The molecule has 0 saturated heterocycles. The zero-order chi connectivity index (χ0) is 11.6. The summed E-state index contributed by atoms with van der Waals surface area (Å²) in [5.41, 5.74) is 5.58. The molecule has 8 heteroatoms. The monoisotopic (exact) mass is 348 g/mol. The number of hydrogen-bond donors (Lipinski definition) is 1. The third-order valence-corrected chi connectivity index (χ3v) is 2.63. The predicted molar refractivity (Wildman–Crippen MR) is 54.2 cm³/mol. The van der Waals surface area contributed by atoms with Crippen LogP contribution in [-0.2, 0) is 6.54 Å². The Balaban J connectivity index is 3.08. The molecule has 1 rings (SSSR count). The minimum Gasteiger partial charge on any atom is -0.387 e. The van der Waals surface area contributed by atoms with Gasteiger partial charge in [0.2, 0.25) is 5.88 Å². The third-order valence-electron chi connectivity index (χ3n) is 1.38. The van der Waals surface area contributed by atoms with E-state index in [0.717, 1.165) is 0 Å². The SMILES string of the molecule is NCc1nc(OC(F)(F)F)c(Br)cc1Br. The quantitative estimate of drug-likeness (QED) is 0.893. The zero-order valence-electron chi connectivity index (χ0n) is 7.11. The second-order valence-corrected chi connectivity index (χ2v) is 4.16. The summed E-state index contributed by atoms with van der Waals surface area (Å²) in [7, 11) is 0. The van der Waals surface area contributed by atoms with E-state index in [1.54, 1.807) is 0 Å². The van der Waals surface area contributed by atoms with Gasteiger partial charge in [0.15, 0.2) is 0 Å². The average Bonchev–Trinajstić information content (AvgIpc) is 2.07.